The molecule has 2 bridgehead atoms. The number of nitrogens with zero attached hydrogens (tertiary/aromatic N) is 6. The Morgan fingerprint density at radius 2 is 1.82 bits per heavy atom. The maximum Gasteiger partial charge on any atom is 0.419 e. The molecule has 0 N–H and O–H groups in total. The van der Waals surface area contributed by atoms with E-state index in [0.29, 0.717) is 36.1 Å². The highest BCUT2D eigenvalue weighted by Gasteiger charge is 2.43. The van der Waals surface area contributed by atoms with Crippen molar-refractivity contribution in [3.8, 4) is 11.8 Å². The molecule has 1 aromatic carbocycles. The standard InChI is InChI=1S/C23H24F4N6O/c1-13-7-21(29-12-28-13)33-10-14-3-4-15(11-33)17(14)9-20-30-22(32(2)31-20)34-16-5-6-19(24)18(8-16)23(25,26)27/h5-8,12,14-15,17H,3-4,9-11H2,1-2H3. The molecule has 34 heavy (non-hydrogen) atoms. The van der Waals surface area contributed by atoms with E-state index in [1.807, 2.05) is 13.0 Å². The lowest BCUT2D eigenvalue weighted by Gasteiger charge is -2.38. The van der Waals surface area contributed by atoms with Crippen molar-refractivity contribution in [2.45, 2.75) is 32.4 Å². The highest BCUT2D eigenvalue weighted by Crippen LogP contribution is 2.44. The van der Waals surface area contributed by atoms with Crippen molar-refractivity contribution in [2.75, 3.05) is 18.0 Å². The largest absolute Gasteiger partial charge is 0.424 e. The minimum absolute atomic E-state index is 0.0657. The van der Waals surface area contributed by atoms with Gasteiger partial charge in [0.15, 0.2) is 5.82 Å². The molecule has 2 atom stereocenters. The molecular formula is C23H24F4N6O. The van der Waals surface area contributed by atoms with E-state index in [4.69, 9.17) is 4.74 Å². The van der Waals surface area contributed by atoms with E-state index in [1.165, 1.54) is 4.68 Å². The zero-order valence-corrected chi connectivity index (χ0v) is 18.8. The number of ether oxygens (including phenoxy) is 1. The van der Waals surface area contributed by atoms with Crippen LogP contribution in [-0.2, 0) is 19.6 Å². The van der Waals surface area contributed by atoms with E-state index >= 15 is 0 Å². The van der Waals surface area contributed by atoms with E-state index in [0.717, 1.165) is 49.6 Å². The molecule has 2 aliphatic rings. The summed E-state index contributed by atoms with van der Waals surface area (Å²) in [6, 6.07) is 4.58. The molecule has 1 saturated heterocycles. The van der Waals surface area contributed by atoms with Gasteiger partial charge in [-0.15, -0.1) is 0 Å². The smallest absolute Gasteiger partial charge is 0.419 e. The third kappa shape index (κ3) is 4.43. The molecule has 11 heteroatoms. The van der Waals surface area contributed by atoms with Crippen molar-refractivity contribution in [3.63, 3.8) is 0 Å². The summed E-state index contributed by atoms with van der Waals surface area (Å²) in [6.07, 6.45) is -0.298. The van der Waals surface area contributed by atoms with Crippen molar-refractivity contribution in [3.05, 3.63) is 53.5 Å². The molecule has 2 unspecified atom stereocenters. The number of halogens is 4. The van der Waals surface area contributed by atoms with E-state index < -0.39 is 17.6 Å². The Kier molecular flexibility index (Phi) is 5.65. The van der Waals surface area contributed by atoms with Crippen molar-refractivity contribution >= 4 is 5.82 Å². The summed E-state index contributed by atoms with van der Waals surface area (Å²) >= 11 is 0. The van der Waals surface area contributed by atoms with Crippen molar-refractivity contribution < 1.29 is 22.3 Å². The Hall–Kier alpha value is -3.24. The fourth-order valence-corrected chi connectivity index (χ4v) is 5.17. The Morgan fingerprint density at radius 3 is 2.50 bits per heavy atom. The quantitative estimate of drug-likeness (QED) is 0.503. The van der Waals surface area contributed by atoms with Gasteiger partial charge < -0.3 is 9.64 Å². The van der Waals surface area contributed by atoms with Gasteiger partial charge >= 0.3 is 12.2 Å². The van der Waals surface area contributed by atoms with Crippen LogP contribution in [0.3, 0.4) is 0 Å². The average molecular weight is 476 g/mol. The summed E-state index contributed by atoms with van der Waals surface area (Å²) < 4.78 is 59.5. The van der Waals surface area contributed by atoms with Crippen molar-refractivity contribution in [1.29, 1.82) is 0 Å². The average Bonchev–Trinajstić information content (AvgIpc) is 3.21. The Morgan fingerprint density at radius 1 is 1.09 bits per heavy atom. The second kappa shape index (κ2) is 8.52. The molecule has 3 heterocycles. The SMILES string of the molecule is Cc1cc(N2CC3CCC(C2)C3Cc2nc(Oc3ccc(F)c(C(F)(F)F)c3)n(C)n2)ncn1. The van der Waals surface area contributed by atoms with Gasteiger partial charge in [-0.2, -0.15) is 23.3 Å². The van der Waals surface area contributed by atoms with Crippen LogP contribution in [0.5, 0.6) is 11.8 Å². The minimum Gasteiger partial charge on any atom is -0.424 e. The number of fused-ring (bicyclic) bond motifs is 2. The van der Waals surface area contributed by atoms with E-state index in [9.17, 15) is 17.6 Å². The number of hydrogen-bond acceptors (Lipinski definition) is 6. The van der Waals surface area contributed by atoms with Crippen LogP contribution in [0.15, 0.2) is 30.6 Å². The molecular weight excluding hydrogens is 452 g/mol. The third-order valence-electron chi connectivity index (χ3n) is 6.78. The normalized spacial score (nSPS) is 22.3. The number of rotatable bonds is 5. The second-order valence-corrected chi connectivity index (χ2v) is 9.06. The number of alkyl halides is 3. The molecule has 0 spiro atoms. The highest BCUT2D eigenvalue weighted by atomic mass is 19.4. The molecule has 1 saturated carbocycles. The minimum atomic E-state index is -4.81. The number of hydrogen-bond donors (Lipinski definition) is 0. The molecule has 2 fully saturated rings. The maximum absolute atomic E-state index is 13.6. The van der Waals surface area contributed by atoms with E-state index in [1.54, 1.807) is 13.4 Å². The summed E-state index contributed by atoms with van der Waals surface area (Å²) in [5.41, 5.74) is -0.442. The van der Waals surface area contributed by atoms with Crippen molar-refractivity contribution in [2.24, 2.45) is 24.8 Å². The van der Waals surface area contributed by atoms with Crippen LogP contribution >= 0.6 is 0 Å². The van der Waals surface area contributed by atoms with Crippen LogP contribution in [0, 0.1) is 30.5 Å². The van der Waals surface area contributed by atoms with Gasteiger partial charge in [0.05, 0.1) is 5.56 Å². The van der Waals surface area contributed by atoms with Crippen LogP contribution in [-0.4, -0.2) is 37.8 Å². The number of aryl methyl sites for hydroxylation is 2. The zero-order valence-electron chi connectivity index (χ0n) is 18.8. The number of anilines is 1. The van der Waals surface area contributed by atoms with Gasteiger partial charge in [-0.25, -0.2) is 19.0 Å². The summed E-state index contributed by atoms with van der Waals surface area (Å²) in [5, 5.41) is 4.43. The molecule has 2 aromatic heterocycles. The molecule has 0 radical (unpaired) electrons. The highest BCUT2D eigenvalue weighted by molar-refractivity contribution is 5.40. The lowest BCUT2D eigenvalue weighted by Crippen LogP contribution is -2.43. The van der Waals surface area contributed by atoms with E-state index in [-0.39, 0.29) is 11.8 Å². The van der Waals surface area contributed by atoms with Gasteiger partial charge in [-0.05, 0) is 55.7 Å². The summed E-state index contributed by atoms with van der Waals surface area (Å²) in [4.78, 5) is 15.3. The first kappa shape index (κ1) is 22.5. The van der Waals surface area contributed by atoms with Crippen LogP contribution in [0.1, 0.15) is 29.9 Å². The predicted molar refractivity (Wildman–Crippen MR) is 115 cm³/mol. The van der Waals surface area contributed by atoms with Gasteiger partial charge in [-0.3, -0.25) is 0 Å². The summed E-state index contributed by atoms with van der Waals surface area (Å²) in [6.45, 7) is 3.77. The zero-order chi connectivity index (χ0) is 24.0. The Labute approximate surface area is 193 Å². The third-order valence-corrected chi connectivity index (χ3v) is 6.78. The first-order chi connectivity index (χ1) is 16.2. The van der Waals surface area contributed by atoms with E-state index in [2.05, 4.69) is 25.0 Å². The predicted octanol–water partition coefficient (Wildman–Crippen LogP) is 4.57. The molecule has 1 aliphatic carbocycles. The number of aromatic nitrogens is 5. The first-order valence-corrected chi connectivity index (χ1v) is 11.2. The van der Waals surface area contributed by atoms with Gasteiger partial charge in [0.2, 0.25) is 0 Å². The molecule has 7 nitrogen and oxygen atoms in total. The summed E-state index contributed by atoms with van der Waals surface area (Å²) in [7, 11) is 1.62. The van der Waals surface area contributed by atoms with Crippen LogP contribution in [0.4, 0.5) is 23.4 Å². The van der Waals surface area contributed by atoms with Crippen molar-refractivity contribution in [1.82, 2.24) is 24.7 Å². The topological polar surface area (TPSA) is 69.0 Å². The van der Waals surface area contributed by atoms with Crippen LogP contribution < -0.4 is 9.64 Å². The lowest BCUT2D eigenvalue weighted by molar-refractivity contribution is -0.140. The monoisotopic (exact) mass is 476 g/mol. The molecule has 5 rings (SSSR count). The number of piperidine rings is 1. The van der Waals surface area contributed by atoms with Gasteiger partial charge in [-0.1, -0.05) is 0 Å². The Bertz CT molecular complexity index is 1180. The fraction of sp³-hybridized carbons (Fsp3) is 0.478. The first-order valence-electron chi connectivity index (χ1n) is 11.2. The molecule has 180 valence electrons. The van der Waals surface area contributed by atoms with Gasteiger partial charge in [0.25, 0.3) is 0 Å². The molecule has 3 aromatic rings. The number of benzene rings is 1. The van der Waals surface area contributed by atoms with Gasteiger partial charge in [0.1, 0.15) is 23.7 Å². The second-order valence-electron chi connectivity index (χ2n) is 9.06. The lowest BCUT2D eigenvalue weighted by atomic mass is 9.82. The van der Waals surface area contributed by atoms with Gasteiger partial charge in [0, 0.05) is 38.3 Å². The van der Waals surface area contributed by atoms with Crippen LogP contribution in [0.25, 0.3) is 0 Å². The maximum atomic E-state index is 13.6. The molecule has 1 aliphatic heterocycles. The fourth-order valence-electron chi connectivity index (χ4n) is 5.17. The summed E-state index contributed by atoms with van der Waals surface area (Å²) in [5.74, 6) is 1.41. The van der Waals surface area contributed by atoms with Crippen LogP contribution in [0.2, 0.25) is 0 Å². The Balaban J connectivity index is 1.28. The molecule has 0 amide bonds.